The Morgan fingerprint density at radius 1 is 0.833 bits per heavy atom. The van der Waals surface area contributed by atoms with Gasteiger partial charge in [0.2, 0.25) is 0 Å². The minimum atomic E-state index is 1.06. The van der Waals surface area contributed by atoms with Crippen LogP contribution in [0.1, 0.15) is 6.42 Å². The van der Waals surface area contributed by atoms with Gasteiger partial charge in [0.25, 0.3) is 0 Å². The van der Waals surface area contributed by atoms with E-state index in [-0.39, 0.29) is 0 Å². The summed E-state index contributed by atoms with van der Waals surface area (Å²) >= 11 is 7.23. The maximum absolute atomic E-state index is 3.62. The molecule has 5 heteroatoms. The Hall–Kier alpha value is -0.880. The van der Waals surface area contributed by atoms with Gasteiger partial charge in [0.05, 0.1) is 0 Å². The second-order valence-electron chi connectivity index (χ2n) is 6.42. The highest BCUT2D eigenvalue weighted by Gasteiger charge is 2.13. The van der Waals surface area contributed by atoms with Crippen LogP contribution < -0.4 is 5.32 Å². The van der Waals surface area contributed by atoms with Crippen molar-refractivity contribution >= 4 is 53.7 Å². The van der Waals surface area contributed by atoms with Gasteiger partial charge in [0, 0.05) is 63.5 Å². The molecule has 0 spiro atoms. The number of piperazine rings is 1. The van der Waals surface area contributed by atoms with Crippen LogP contribution in [0.4, 0.5) is 0 Å². The molecule has 0 amide bonds. The molecule has 24 heavy (non-hydrogen) atoms. The molecular formula is C19H21Br2N3. The van der Waals surface area contributed by atoms with Gasteiger partial charge in [-0.15, -0.1) is 0 Å². The van der Waals surface area contributed by atoms with Gasteiger partial charge in [-0.1, -0.05) is 31.9 Å². The highest BCUT2D eigenvalue weighted by molar-refractivity contribution is 9.10. The summed E-state index contributed by atoms with van der Waals surface area (Å²) in [4.78, 5) is 2.57. The van der Waals surface area contributed by atoms with Crippen LogP contribution in [0.3, 0.4) is 0 Å². The van der Waals surface area contributed by atoms with Gasteiger partial charge in [-0.3, -0.25) is 0 Å². The van der Waals surface area contributed by atoms with Crippen molar-refractivity contribution < 1.29 is 0 Å². The van der Waals surface area contributed by atoms with Gasteiger partial charge in [-0.2, -0.15) is 0 Å². The number of rotatable bonds is 4. The zero-order valence-electron chi connectivity index (χ0n) is 13.6. The fourth-order valence-corrected chi connectivity index (χ4v) is 4.40. The van der Waals surface area contributed by atoms with E-state index in [0.717, 1.165) is 28.6 Å². The molecule has 1 N–H and O–H groups in total. The van der Waals surface area contributed by atoms with E-state index in [4.69, 9.17) is 0 Å². The molecule has 2 aromatic carbocycles. The molecule has 0 saturated carbocycles. The summed E-state index contributed by atoms with van der Waals surface area (Å²) < 4.78 is 4.75. The predicted octanol–water partition coefficient (Wildman–Crippen LogP) is 4.61. The summed E-state index contributed by atoms with van der Waals surface area (Å²) in [5.74, 6) is 0. The lowest BCUT2D eigenvalue weighted by Gasteiger charge is -2.27. The molecule has 1 saturated heterocycles. The zero-order valence-corrected chi connectivity index (χ0v) is 16.7. The third-order valence-electron chi connectivity index (χ3n) is 4.85. The molecule has 1 aliphatic rings. The van der Waals surface area contributed by atoms with Crippen molar-refractivity contribution in [2.45, 2.75) is 13.0 Å². The van der Waals surface area contributed by atoms with Crippen LogP contribution in [0.15, 0.2) is 45.3 Å². The predicted molar refractivity (Wildman–Crippen MR) is 109 cm³/mol. The first-order valence-electron chi connectivity index (χ1n) is 8.52. The van der Waals surface area contributed by atoms with E-state index >= 15 is 0 Å². The molecule has 2 heterocycles. The number of nitrogens with one attached hydrogen (secondary N) is 1. The fraction of sp³-hybridized carbons (Fsp3) is 0.368. The Kier molecular flexibility index (Phi) is 4.95. The first kappa shape index (κ1) is 16.6. The Morgan fingerprint density at radius 2 is 1.42 bits per heavy atom. The van der Waals surface area contributed by atoms with Crippen LogP contribution >= 0.6 is 31.9 Å². The lowest BCUT2D eigenvalue weighted by Crippen LogP contribution is -2.43. The number of aryl methyl sites for hydroxylation is 1. The van der Waals surface area contributed by atoms with Gasteiger partial charge < -0.3 is 14.8 Å². The molecule has 126 valence electrons. The van der Waals surface area contributed by atoms with E-state index in [0.29, 0.717) is 0 Å². The van der Waals surface area contributed by atoms with Crippen LogP contribution in [0.2, 0.25) is 0 Å². The lowest BCUT2D eigenvalue weighted by atomic mass is 10.2. The van der Waals surface area contributed by atoms with Crippen molar-refractivity contribution in [1.29, 1.82) is 0 Å². The summed E-state index contributed by atoms with van der Waals surface area (Å²) in [6, 6.07) is 13.2. The van der Waals surface area contributed by atoms with Crippen molar-refractivity contribution in [2.24, 2.45) is 0 Å². The minimum Gasteiger partial charge on any atom is -0.340 e. The van der Waals surface area contributed by atoms with Crippen LogP contribution in [-0.2, 0) is 6.54 Å². The monoisotopic (exact) mass is 449 g/mol. The molecule has 1 fully saturated rings. The fourth-order valence-electron chi connectivity index (χ4n) is 3.68. The molecule has 3 aromatic rings. The number of hydrogen-bond acceptors (Lipinski definition) is 2. The molecule has 4 rings (SSSR count). The number of aromatic nitrogens is 1. The van der Waals surface area contributed by atoms with E-state index in [1.165, 1.54) is 47.9 Å². The third kappa shape index (κ3) is 3.27. The Morgan fingerprint density at radius 3 is 2.00 bits per heavy atom. The molecule has 1 aromatic heterocycles. The van der Waals surface area contributed by atoms with Crippen molar-refractivity contribution in [2.75, 3.05) is 32.7 Å². The van der Waals surface area contributed by atoms with Gasteiger partial charge in [0.15, 0.2) is 0 Å². The Labute approximate surface area is 159 Å². The summed E-state index contributed by atoms with van der Waals surface area (Å²) in [5, 5.41) is 6.07. The molecule has 1 aliphatic heterocycles. The first-order chi connectivity index (χ1) is 11.7. The van der Waals surface area contributed by atoms with Crippen LogP contribution in [-0.4, -0.2) is 42.2 Å². The quantitative estimate of drug-likeness (QED) is 0.625. The maximum atomic E-state index is 3.62. The summed E-state index contributed by atoms with van der Waals surface area (Å²) in [6.07, 6.45) is 1.19. The molecule has 0 atom stereocenters. The molecule has 0 bridgehead atoms. The van der Waals surface area contributed by atoms with E-state index in [1.807, 2.05) is 0 Å². The van der Waals surface area contributed by atoms with E-state index in [9.17, 15) is 0 Å². The highest BCUT2D eigenvalue weighted by Crippen LogP contribution is 2.33. The van der Waals surface area contributed by atoms with Crippen molar-refractivity contribution in [3.63, 3.8) is 0 Å². The SMILES string of the molecule is Brc1ccc2c(c1)c1cc(Br)ccc1n2CCCN1CCNCC1. The molecule has 0 unspecified atom stereocenters. The van der Waals surface area contributed by atoms with Crippen LogP contribution in [0.5, 0.6) is 0 Å². The largest absolute Gasteiger partial charge is 0.340 e. The molecular weight excluding hydrogens is 430 g/mol. The van der Waals surface area contributed by atoms with E-state index < -0.39 is 0 Å². The van der Waals surface area contributed by atoms with Crippen molar-refractivity contribution in [3.8, 4) is 0 Å². The second kappa shape index (κ2) is 7.16. The van der Waals surface area contributed by atoms with Gasteiger partial charge in [0.1, 0.15) is 0 Å². The molecule has 0 aliphatic carbocycles. The number of benzene rings is 2. The normalized spacial score (nSPS) is 16.2. The second-order valence-corrected chi connectivity index (χ2v) is 8.25. The zero-order chi connectivity index (χ0) is 16.5. The van der Waals surface area contributed by atoms with Gasteiger partial charge >= 0.3 is 0 Å². The average molecular weight is 451 g/mol. The Balaban J connectivity index is 1.65. The van der Waals surface area contributed by atoms with Gasteiger partial charge in [-0.05, 0) is 49.4 Å². The average Bonchev–Trinajstić information content (AvgIpc) is 2.89. The molecule has 3 nitrogen and oxygen atoms in total. The van der Waals surface area contributed by atoms with Crippen LogP contribution in [0, 0.1) is 0 Å². The van der Waals surface area contributed by atoms with Crippen molar-refractivity contribution in [1.82, 2.24) is 14.8 Å². The van der Waals surface area contributed by atoms with Crippen LogP contribution in [0.25, 0.3) is 21.8 Å². The summed E-state index contributed by atoms with van der Waals surface area (Å²) in [6.45, 7) is 6.83. The number of nitrogens with zero attached hydrogens (tertiary/aromatic N) is 2. The van der Waals surface area contributed by atoms with Gasteiger partial charge in [-0.25, -0.2) is 0 Å². The lowest BCUT2D eigenvalue weighted by molar-refractivity contribution is 0.235. The number of fused-ring (bicyclic) bond motifs is 3. The summed E-state index contributed by atoms with van der Waals surface area (Å²) in [7, 11) is 0. The minimum absolute atomic E-state index is 1.06. The highest BCUT2D eigenvalue weighted by atomic mass is 79.9. The standard InChI is InChI=1S/C19H21Br2N3/c20-14-2-4-18-16(12-14)17-13-15(21)3-5-19(17)24(18)9-1-8-23-10-6-22-7-11-23/h2-5,12-13,22H,1,6-11H2. The maximum Gasteiger partial charge on any atom is 0.0492 e. The third-order valence-corrected chi connectivity index (χ3v) is 5.84. The number of hydrogen-bond donors (Lipinski definition) is 1. The Bertz CT molecular complexity index is 807. The van der Waals surface area contributed by atoms with E-state index in [1.54, 1.807) is 0 Å². The molecule has 0 radical (unpaired) electrons. The summed E-state index contributed by atoms with van der Waals surface area (Å²) in [5.41, 5.74) is 2.65. The smallest absolute Gasteiger partial charge is 0.0492 e. The van der Waals surface area contributed by atoms with E-state index in [2.05, 4.69) is 83.0 Å². The topological polar surface area (TPSA) is 20.2 Å². The van der Waals surface area contributed by atoms with Crippen molar-refractivity contribution in [3.05, 3.63) is 45.3 Å². The first-order valence-corrected chi connectivity index (χ1v) is 10.1. The number of halogens is 2.